The van der Waals surface area contributed by atoms with Crippen LogP contribution in [0, 0.1) is 0 Å². The Bertz CT molecular complexity index is 368. The Morgan fingerprint density at radius 3 is 2.82 bits per heavy atom. The lowest BCUT2D eigenvalue weighted by atomic mass is 10.0. The summed E-state index contributed by atoms with van der Waals surface area (Å²) in [5, 5.41) is 0. The monoisotopic (exact) mass is 237 g/mol. The van der Waals surface area contributed by atoms with Gasteiger partial charge in [0.05, 0.1) is 0 Å². The summed E-state index contributed by atoms with van der Waals surface area (Å²) >= 11 is 0. The Morgan fingerprint density at radius 1 is 1.29 bits per heavy atom. The highest BCUT2D eigenvalue weighted by Crippen LogP contribution is 2.31. The second-order valence-electron chi connectivity index (χ2n) is 4.22. The van der Waals surface area contributed by atoms with Gasteiger partial charge in [-0.05, 0) is 30.5 Å². The van der Waals surface area contributed by atoms with Crippen LogP contribution in [0.5, 0.6) is 11.5 Å². The fourth-order valence-corrected chi connectivity index (χ4v) is 1.89. The zero-order valence-electron chi connectivity index (χ0n) is 10.1. The quantitative estimate of drug-likeness (QED) is 0.840. The topological polar surface area (TPSA) is 53.7 Å². The summed E-state index contributed by atoms with van der Waals surface area (Å²) < 4.78 is 16.0. The molecule has 1 unspecified atom stereocenters. The molecule has 1 aliphatic heterocycles. The van der Waals surface area contributed by atoms with Gasteiger partial charge in [-0.15, -0.1) is 0 Å². The lowest BCUT2D eigenvalue weighted by Crippen LogP contribution is -2.24. The second-order valence-corrected chi connectivity index (χ2v) is 4.22. The van der Waals surface area contributed by atoms with E-state index in [4.69, 9.17) is 19.9 Å². The van der Waals surface area contributed by atoms with Crippen LogP contribution in [0.15, 0.2) is 18.2 Å². The van der Waals surface area contributed by atoms with Gasteiger partial charge >= 0.3 is 0 Å². The maximum absolute atomic E-state index is 6.02. The minimum Gasteiger partial charge on any atom is -0.486 e. The maximum Gasteiger partial charge on any atom is 0.161 e. The Kier molecular flexibility index (Phi) is 4.23. The molecule has 1 aromatic rings. The number of hydrogen-bond donors (Lipinski definition) is 1. The van der Waals surface area contributed by atoms with Gasteiger partial charge in [0.15, 0.2) is 11.5 Å². The summed E-state index contributed by atoms with van der Waals surface area (Å²) in [6, 6.07) is 6.13. The van der Waals surface area contributed by atoms with E-state index < -0.39 is 0 Å². The van der Waals surface area contributed by atoms with Crippen LogP contribution in [-0.2, 0) is 11.2 Å². The van der Waals surface area contributed by atoms with Gasteiger partial charge in [0.2, 0.25) is 0 Å². The van der Waals surface area contributed by atoms with Gasteiger partial charge in [-0.25, -0.2) is 0 Å². The second kappa shape index (κ2) is 5.89. The molecule has 0 aliphatic carbocycles. The summed E-state index contributed by atoms with van der Waals surface area (Å²) in [6.45, 7) is 1.94. The van der Waals surface area contributed by atoms with Gasteiger partial charge in [0.1, 0.15) is 13.2 Å². The predicted molar refractivity (Wildman–Crippen MR) is 65.6 cm³/mol. The van der Waals surface area contributed by atoms with Crippen molar-refractivity contribution < 1.29 is 14.2 Å². The van der Waals surface area contributed by atoms with Crippen molar-refractivity contribution in [3.05, 3.63) is 23.8 Å². The molecule has 2 rings (SSSR count). The fourth-order valence-electron chi connectivity index (χ4n) is 1.89. The highest BCUT2D eigenvalue weighted by atomic mass is 16.6. The Morgan fingerprint density at radius 2 is 2.06 bits per heavy atom. The van der Waals surface area contributed by atoms with E-state index in [-0.39, 0.29) is 6.04 Å². The third-order valence-corrected chi connectivity index (χ3v) is 2.80. The summed E-state index contributed by atoms with van der Waals surface area (Å²) in [5.74, 6) is 1.65. The van der Waals surface area contributed by atoms with Gasteiger partial charge in [-0.2, -0.15) is 0 Å². The van der Waals surface area contributed by atoms with E-state index in [1.807, 2.05) is 18.2 Å². The summed E-state index contributed by atoms with van der Waals surface area (Å²) in [7, 11) is 1.69. The number of methoxy groups -OCH3 is 1. The molecular formula is C13H19NO3. The molecule has 0 saturated carbocycles. The molecule has 2 N–H and O–H groups in total. The molecule has 94 valence electrons. The van der Waals surface area contributed by atoms with Crippen LogP contribution in [0.1, 0.15) is 12.0 Å². The third-order valence-electron chi connectivity index (χ3n) is 2.80. The Labute approximate surface area is 102 Å². The molecule has 1 aliphatic rings. The fraction of sp³-hybridized carbons (Fsp3) is 0.538. The molecular weight excluding hydrogens is 218 g/mol. The molecule has 1 aromatic carbocycles. The maximum atomic E-state index is 6.02. The molecule has 0 radical (unpaired) electrons. The number of nitrogens with two attached hydrogens (primary N) is 1. The van der Waals surface area contributed by atoms with Crippen LogP contribution in [0.3, 0.4) is 0 Å². The molecule has 17 heavy (non-hydrogen) atoms. The van der Waals surface area contributed by atoms with E-state index in [9.17, 15) is 0 Å². The lowest BCUT2D eigenvalue weighted by Gasteiger charge is -2.19. The molecule has 0 saturated heterocycles. The van der Waals surface area contributed by atoms with E-state index in [1.54, 1.807) is 7.11 Å². The first kappa shape index (κ1) is 12.2. The van der Waals surface area contributed by atoms with E-state index >= 15 is 0 Å². The summed E-state index contributed by atoms with van der Waals surface area (Å²) in [5.41, 5.74) is 7.19. The first-order chi connectivity index (χ1) is 8.29. The number of hydrogen-bond acceptors (Lipinski definition) is 4. The first-order valence-corrected chi connectivity index (χ1v) is 5.92. The van der Waals surface area contributed by atoms with Gasteiger partial charge in [-0.1, -0.05) is 6.07 Å². The molecule has 0 fully saturated rings. The van der Waals surface area contributed by atoms with Gasteiger partial charge in [0, 0.05) is 19.8 Å². The van der Waals surface area contributed by atoms with Crippen molar-refractivity contribution in [3.63, 3.8) is 0 Å². The van der Waals surface area contributed by atoms with Crippen LogP contribution < -0.4 is 15.2 Å². The van der Waals surface area contributed by atoms with Crippen molar-refractivity contribution >= 4 is 0 Å². The molecule has 0 bridgehead atoms. The summed E-state index contributed by atoms with van der Waals surface area (Å²) in [4.78, 5) is 0. The minimum atomic E-state index is 0.123. The molecule has 0 spiro atoms. The highest BCUT2D eigenvalue weighted by Gasteiger charge is 2.12. The van der Waals surface area contributed by atoms with E-state index in [0.717, 1.165) is 24.3 Å². The molecule has 4 heteroatoms. The van der Waals surface area contributed by atoms with E-state index in [2.05, 4.69) is 0 Å². The van der Waals surface area contributed by atoms with Crippen LogP contribution >= 0.6 is 0 Å². The van der Waals surface area contributed by atoms with Crippen LogP contribution in [0.4, 0.5) is 0 Å². The average molecular weight is 237 g/mol. The molecule has 1 heterocycles. The Hall–Kier alpha value is -1.26. The lowest BCUT2D eigenvalue weighted by molar-refractivity contribution is 0.171. The largest absolute Gasteiger partial charge is 0.486 e. The van der Waals surface area contributed by atoms with Gasteiger partial charge < -0.3 is 19.9 Å². The van der Waals surface area contributed by atoms with Gasteiger partial charge in [0.25, 0.3) is 0 Å². The standard InChI is InChI=1S/C13H19NO3/c1-15-5-4-11(14)8-10-2-3-12-13(9-10)17-7-6-16-12/h2-3,9,11H,4-8,14H2,1H3. The minimum absolute atomic E-state index is 0.123. The molecule has 0 aromatic heterocycles. The number of fused-ring (bicyclic) bond motifs is 1. The van der Waals surface area contributed by atoms with Crippen LogP contribution in [0.25, 0.3) is 0 Å². The molecule has 1 atom stereocenters. The van der Waals surface area contributed by atoms with E-state index in [0.29, 0.717) is 19.8 Å². The molecule has 0 amide bonds. The summed E-state index contributed by atoms with van der Waals surface area (Å²) in [6.07, 6.45) is 1.70. The SMILES string of the molecule is COCCC(N)Cc1ccc2c(c1)OCCO2. The van der Waals surface area contributed by atoms with Crippen molar-refractivity contribution in [1.82, 2.24) is 0 Å². The van der Waals surface area contributed by atoms with Crippen molar-refractivity contribution in [2.75, 3.05) is 26.9 Å². The average Bonchev–Trinajstić information content (AvgIpc) is 2.36. The van der Waals surface area contributed by atoms with Crippen molar-refractivity contribution in [2.45, 2.75) is 18.9 Å². The van der Waals surface area contributed by atoms with Gasteiger partial charge in [-0.3, -0.25) is 0 Å². The van der Waals surface area contributed by atoms with Crippen LogP contribution in [-0.4, -0.2) is 33.0 Å². The zero-order chi connectivity index (χ0) is 12.1. The molecule has 4 nitrogen and oxygen atoms in total. The number of ether oxygens (including phenoxy) is 3. The van der Waals surface area contributed by atoms with Crippen molar-refractivity contribution in [1.29, 1.82) is 0 Å². The van der Waals surface area contributed by atoms with Crippen molar-refractivity contribution in [3.8, 4) is 11.5 Å². The van der Waals surface area contributed by atoms with Crippen LogP contribution in [0.2, 0.25) is 0 Å². The predicted octanol–water partition coefficient (Wildman–Crippen LogP) is 1.36. The number of rotatable bonds is 5. The highest BCUT2D eigenvalue weighted by molar-refractivity contribution is 5.44. The third kappa shape index (κ3) is 3.35. The zero-order valence-corrected chi connectivity index (χ0v) is 10.1. The normalized spacial score (nSPS) is 15.6. The first-order valence-electron chi connectivity index (χ1n) is 5.92. The number of benzene rings is 1. The van der Waals surface area contributed by atoms with E-state index in [1.165, 1.54) is 5.56 Å². The smallest absolute Gasteiger partial charge is 0.161 e. The van der Waals surface area contributed by atoms with Crippen molar-refractivity contribution in [2.24, 2.45) is 5.73 Å². The Balaban J connectivity index is 1.97.